The Kier molecular flexibility index (Phi) is 5.99. The van der Waals surface area contributed by atoms with Crippen LogP contribution in [-0.2, 0) is 16.1 Å². The Balaban J connectivity index is 1.57. The molecule has 4 amide bonds. The van der Waals surface area contributed by atoms with Gasteiger partial charge >= 0.3 is 11.8 Å². The van der Waals surface area contributed by atoms with Crippen LogP contribution in [0.5, 0.6) is 5.88 Å². The minimum absolute atomic E-state index is 0.0105. The van der Waals surface area contributed by atoms with Crippen molar-refractivity contribution in [1.82, 2.24) is 15.2 Å². The van der Waals surface area contributed by atoms with E-state index in [1.54, 1.807) is 4.90 Å². The van der Waals surface area contributed by atoms with Gasteiger partial charge in [0.1, 0.15) is 5.56 Å². The molecule has 0 bridgehead atoms. The van der Waals surface area contributed by atoms with Gasteiger partial charge in [-0.3, -0.25) is 19.2 Å². The van der Waals surface area contributed by atoms with Crippen molar-refractivity contribution in [1.29, 1.82) is 0 Å². The number of hydrogen-bond donors (Lipinski definition) is 3. The lowest BCUT2D eigenvalue weighted by molar-refractivity contribution is -0.146. The molecule has 0 radical (unpaired) electrons. The predicted octanol–water partition coefficient (Wildman–Crippen LogP) is 1.37. The lowest BCUT2D eigenvalue weighted by atomic mass is 9.88. The van der Waals surface area contributed by atoms with E-state index >= 15 is 0 Å². The number of likely N-dealkylation sites (tertiary alicyclic amines) is 1. The second-order valence-electron chi connectivity index (χ2n) is 8.35. The van der Waals surface area contributed by atoms with E-state index in [0.29, 0.717) is 25.1 Å². The van der Waals surface area contributed by atoms with Crippen LogP contribution in [0.2, 0.25) is 0 Å². The molecular formula is C23H25N5O5. The van der Waals surface area contributed by atoms with E-state index in [4.69, 9.17) is 10.5 Å². The first-order valence-electron chi connectivity index (χ1n) is 10.6. The number of hydrogen-bond acceptors (Lipinski definition) is 6. The first-order valence-corrected chi connectivity index (χ1v) is 10.6. The summed E-state index contributed by atoms with van der Waals surface area (Å²) in [5.74, 6) is -2.21. The summed E-state index contributed by atoms with van der Waals surface area (Å²) in [6.07, 6.45) is 2.85. The number of nitrogens with zero attached hydrogens (tertiary/aromatic N) is 2. The molecule has 2 unspecified atom stereocenters. The summed E-state index contributed by atoms with van der Waals surface area (Å²) in [5, 5.41) is 5.29. The van der Waals surface area contributed by atoms with Crippen molar-refractivity contribution >= 4 is 29.3 Å². The molecule has 2 aliphatic heterocycles. The van der Waals surface area contributed by atoms with Gasteiger partial charge < -0.3 is 26.0 Å². The van der Waals surface area contributed by atoms with Gasteiger partial charge in [-0.25, -0.2) is 4.98 Å². The average molecular weight is 451 g/mol. The summed E-state index contributed by atoms with van der Waals surface area (Å²) >= 11 is 0. The monoisotopic (exact) mass is 451 g/mol. The van der Waals surface area contributed by atoms with Crippen LogP contribution in [0.4, 0.5) is 5.69 Å². The number of methoxy groups -OCH3 is 1. The van der Waals surface area contributed by atoms with Gasteiger partial charge in [-0.1, -0.05) is 19.1 Å². The fourth-order valence-corrected chi connectivity index (χ4v) is 4.34. The number of primary amides is 1. The summed E-state index contributed by atoms with van der Waals surface area (Å²) < 4.78 is 5.00. The van der Waals surface area contributed by atoms with Crippen LogP contribution in [0.15, 0.2) is 30.5 Å². The molecule has 1 saturated heterocycles. The smallest absolute Gasteiger partial charge is 0.313 e. The van der Waals surface area contributed by atoms with Crippen LogP contribution in [0.3, 0.4) is 0 Å². The van der Waals surface area contributed by atoms with Crippen molar-refractivity contribution in [3.8, 4) is 5.88 Å². The van der Waals surface area contributed by atoms with E-state index in [0.717, 1.165) is 17.5 Å². The molecule has 3 heterocycles. The van der Waals surface area contributed by atoms with Gasteiger partial charge in [0.2, 0.25) is 5.88 Å². The molecule has 10 nitrogen and oxygen atoms in total. The first kappa shape index (κ1) is 22.3. The van der Waals surface area contributed by atoms with Crippen molar-refractivity contribution in [2.45, 2.75) is 32.4 Å². The number of anilines is 1. The molecule has 4 N–H and O–H groups in total. The predicted molar refractivity (Wildman–Crippen MR) is 118 cm³/mol. The molecule has 2 aromatic rings. The minimum Gasteiger partial charge on any atom is -0.480 e. The number of amides is 4. The highest BCUT2D eigenvalue weighted by Gasteiger charge is 2.35. The summed E-state index contributed by atoms with van der Waals surface area (Å²) in [7, 11) is 1.34. The highest BCUT2D eigenvalue weighted by atomic mass is 16.5. The van der Waals surface area contributed by atoms with Gasteiger partial charge in [-0.15, -0.1) is 0 Å². The molecule has 172 valence electrons. The molecule has 4 rings (SSSR count). The Labute approximate surface area is 190 Å². The number of rotatable bonds is 4. The molecule has 2 aliphatic rings. The zero-order valence-corrected chi connectivity index (χ0v) is 18.4. The zero-order valence-electron chi connectivity index (χ0n) is 18.4. The summed E-state index contributed by atoms with van der Waals surface area (Å²) in [6.45, 7) is 2.93. The van der Waals surface area contributed by atoms with Crippen molar-refractivity contribution in [2.24, 2.45) is 11.7 Å². The van der Waals surface area contributed by atoms with E-state index in [1.807, 2.05) is 25.1 Å². The molecule has 33 heavy (non-hydrogen) atoms. The topological polar surface area (TPSA) is 144 Å². The van der Waals surface area contributed by atoms with Crippen LogP contribution >= 0.6 is 0 Å². The maximum atomic E-state index is 13.2. The Hall–Kier alpha value is -3.95. The standard InChI is InChI=1S/C23H25N5O5/c1-12-3-6-18(13-4-5-14-9-25-20(30)16(14)7-13)28(11-12)23(32)21(31)27-15-8-17(19(24)29)22(33-2)26-10-15/h4-5,7-8,10,12,18H,3,6,9,11H2,1-2H3,(H2,24,29)(H,25,30)(H,27,31). The third-order valence-corrected chi connectivity index (χ3v) is 6.04. The number of carbonyl (C=O) groups is 4. The number of nitrogens with two attached hydrogens (primary N) is 1. The van der Waals surface area contributed by atoms with E-state index in [9.17, 15) is 19.2 Å². The Bertz CT molecular complexity index is 1150. The first-order chi connectivity index (χ1) is 15.8. The Morgan fingerprint density at radius 1 is 1.24 bits per heavy atom. The number of aromatic nitrogens is 1. The number of benzene rings is 1. The van der Waals surface area contributed by atoms with E-state index < -0.39 is 17.7 Å². The normalized spacial score (nSPS) is 19.5. The maximum absolute atomic E-state index is 13.2. The average Bonchev–Trinajstić information content (AvgIpc) is 3.18. The summed E-state index contributed by atoms with van der Waals surface area (Å²) in [4.78, 5) is 55.2. The SMILES string of the molecule is COc1ncc(NC(=O)C(=O)N2CC(C)CCC2c2ccc3c(c2)C(=O)NC3)cc1C(N)=O. The molecule has 0 aliphatic carbocycles. The molecule has 0 spiro atoms. The van der Waals surface area contributed by atoms with Gasteiger partial charge in [0.05, 0.1) is 25.0 Å². The van der Waals surface area contributed by atoms with Gasteiger partial charge in [-0.05, 0) is 42.0 Å². The fraction of sp³-hybridized carbons (Fsp3) is 0.348. The van der Waals surface area contributed by atoms with Crippen molar-refractivity contribution in [3.63, 3.8) is 0 Å². The number of ether oxygens (including phenoxy) is 1. The van der Waals surface area contributed by atoms with E-state index in [-0.39, 0.29) is 35.0 Å². The highest BCUT2D eigenvalue weighted by Crippen LogP contribution is 2.35. The van der Waals surface area contributed by atoms with Crippen molar-refractivity contribution in [3.05, 3.63) is 52.7 Å². The van der Waals surface area contributed by atoms with Crippen LogP contribution in [-0.4, -0.2) is 47.2 Å². The van der Waals surface area contributed by atoms with Crippen LogP contribution in [0.1, 0.15) is 57.7 Å². The largest absolute Gasteiger partial charge is 0.480 e. The third-order valence-electron chi connectivity index (χ3n) is 6.04. The Morgan fingerprint density at radius 2 is 2.03 bits per heavy atom. The number of nitrogens with one attached hydrogen (secondary N) is 2. The molecule has 2 atom stereocenters. The third kappa shape index (κ3) is 4.36. The number of piperidine rings is 1. The van der Waals surface area contributed by atoms with Gasteiger partial charge in [0.25, 0.3) is 11.8 Å². The van der Waals surface area contributed by atoms with E-state index in [2.05, 4.69) is 15.6 Å². The minimum atomic E-state index is -0.851. The summed E-state index contributed by atoms with van der Waals surface area (Å²) in [5.41, 5.74) is 7.82. The van der Waals surface area contributed by atoms with Gasteiger partial charge in [0.15, 0.2) is 0 Å². The second kappa shape index (κ2) is 8.89. The van der Waals surface area contributed by atoms with Crippen LogP contribution < -0.4 is 21.1 Å². The lowest BCUT2D eigenvalue weighted by Crippen LogP contribution is -2.46. The summed E-state index contributed by atoms with van der Waals surface area (Å²) in [6, 6.07) is 6.59. The number of carbonyl (C=O) groups excluding carboxylic acids is 4. The Morgan fingerprint density at radius 3 is 2.76 bits per heavy atom. The molecule has 1 aromatic carbocycles. The molecular weight excluding hydrogens is 426 g/mol. The lowest BCUT2D eigenvalue weighted by Gasteiger charge is -2.38. The molecule has 10 heteroatoms. The van der Waals surface area contributed by atoms with Gasteiger partial charge in [0, 0.05) is 18.7 Å². The zero-order chi connectivity index (χ0) is 23.7. The highest BCUT2D eigenvalue weighted by molar-refractivity contribution is 6.39. The number of fused-ring (bicyclic) bond motifs is 1. The van der Waals surface area contributed by atoms with E-state index in [1.165, 1.54) is 19.4 Å². The molecule has 1 aromatic heterocycles. The van der Waals surface area contributed by atoms with Crippen LogP contribution in [0, 0.1) is 5.92 Å². The quantitative estimate of drug-likeness (QED) is 0.599. The molecule has 0 saturated carbocycles. The van der Waals surface area contributed by atoms with Crippen LogP contribution in [0.25, 0.3) is 0 Å². The molecule has 1 fully saturated rings. The van der Waals surface area contributed by atoms with Crippen molar-refractivity contribution in [2.75, 3.05) is 19.0 Å². The second-order valence-corrected chi connectivity index (χ2v) is 8.35. The van der Waals surface area contributed by atoms with Gasteiger partial charge in [-0.2, -0.15) is 0 Å². The van der Waals surface area contributed by atoms with Crippen molar-refractivity contribution < 1.29 is 23.9 Å². The maximum Gasteiger partial charge on any atom is 0.313 e. The fourth-order valence-electron chi connectivity index (χ4n) is 4.34. The number of pyridine rings is 1.